The van der Waals surface area contributed by atoms with E-state index in [-0.39, 0.29) is 24.0 Å². The summed E-state index contributed by atoms with van der Waals surface area (Å²) < 4.78 is 5.37. The summed E-state index contributed by atoms with van der Waals surface area (Å²) in [7, 11) is 4.23. The molecule has 0 saturated carbocycles. The molecular weight excluding hydrogens is 457 g/mol. The Kier molecular flexibility index (Phi) is 13.8. The van der Waals surface area contributed by atoms with E-state index in [0.29, 0.717) is 25.0 Å². The molecular formula is C19H42IN5O2. The van der Waals surface area contributed by atoms with Crippen LogP contribution in [0, 0.1) is 5.92 Å². The van der Waals surface area contributed by atoms with Crippen LogP contribution in [-0.4, -0.2) is 99.1 Å². The molecule has 0 aromatic heterocycles. The summed E-state index contributed by atoms with van der Waals surface area (Å²) in [6, 6.07) is 0.452. The Labute approximate surface area is 183 Å². The largest absolute Gasteiger partial charge is 0.387 e. The van der Waals surface area contributed by atoms with Crippen LogP contribution in [0.1, 0.15) is 34.1 Å². The van der Waals surface area contributed by atoms with Crippen LogP contribution < -0.4 is 10.6 Å². The average Bonchev–Trinajstić information content (AvgIpc) is 2.56. The number of rotatable bonds is 10. The van der Waals surface area contributed by atoms with E-state index in [2.05, 4.69) is 60.3 Å². The van der Waals surface area contributed by atoms with Gasteiger partial charge in [0, 0.05) is 38.8 Å². The van der Waals surface area contributed by atoms with Gasteiger partial charge in [-0.05, 0) is 40.3 Å². The minimum atomic E-state index is -0.849. The molecule has 0 aromatic rings. The molecule has 0 amide bonds. The van der Waals surface area contributed by atoms with Crippen molar-refractivity contribution in [1.82, 2.24) is 20.4 Å². The summed E-state index contributed by atoms with van der Waals surface area (Å²) in [5.74, 6) is 1.42. The van der Waals surface area contributed by atoms with Gasteiger partial charge in [0.15, 0.2) is 5.96 Å². The first kappa shape index (κ1) is 26.8. The standard InChI is InChI=1S/C19H41N5O2.HI/c1-7-20-18(21-13-17(23(5)6)12-16(2)3)22-14-19(4,25)15-24-8-10-26-11-9-24;/h16-17,25H,7-15H2,1-6H3,(H2,20,21,22);1H. The third kappa shape index (κ3) is 12.1. The number of guanidine groups is 1. The highest BCUT2D eigenvalue weighted by atomic mass is 127. The second-order valence-electron chi connectivity index (χ2n) is 8.21. The smallest absolute Gasteiger partial charge is 0.191 e. The lowest BCUT2D eigenvalue weighted by Crippen LogP contribution is -2.49. The molecule has 3 N–H and O–H groups in total. The summed E-state index contributed by atoms with van der Waals surface area (Å²) in [5, 5.41) is 17.4. The van der Waals surface area contributed by atoms with Crippen molar-refractivity contribution >= 4 is 29.9 Å². The zero-order chi connectivity index (χ0) is 19.6. The van der Waals surface area contributed by atoms with Gasteiger partial charge in [0.1, 0.15) is 0 Å². The first-order valence-electron chi connectivity index (χ1n) is 9.94. The van der Waals surface area contributed by atoms with Crippen molar-refractivity contribution in [2.24, 2.45) is 10.9 Å². The van der Waals surface area contributed by atoms with Crippen molar-refractivity contribution in [2.75, 3.05) is 66.6 Å². The zero-order valence-electron chi connectivity index (χ0n) is 18.1. The van der Waals surface area contributed by atoms with E-state index >= 15 is 0 Å². The van der Waals surface area contributed by atoms with Crippen LogP contribution in [-0.2, 0) is 4.74 Å². The van der Waals surface area contributed by atoms with Gasteiger partial charge >= 0.3 is 0 Å². The molecule has 0 spiro atoms. The SMILES string of the molecule is CCNC(=NCC(C)(O)CN1CCOCC1)NCC(CC(C)C)N(C)C.I. The number of hydrogen-bond donors (Lipinski definition) is 3. The number of ether oxygens (including phenoxy) is 1. The summed E-state index contributed by atoms with van der Waals surface area (Å²) >= 11 is 0. The second kappa shape index (κ2) is 13.9. The molecule has 1 aliphatic heterocycles. The van der Waals surface area contributed by atoms with Gasteiger partial charge in [0.2, 0.25) is 0 Å². The maximum absolute atomic E-state index is 10.7. The fraction of sp³-hybridized carbons (Fsp3) is 0.947. The third-order valence-electron chi connectivity index (χ3n) is 4.57. The molecule has 162 valence electrons. The monoisotopic (exact) mass is 499 g/mol. The molecule has 1 rings (SSSR count). The molecule has 0 radical (unpaired) electrons. The molecule has 2 atom stereocenters. The van der Waals surface area contributed by atoms with E-state index < -0.39 is 5.60 Å². The first-order chi connectivity index (χ1) is 12.2. The highest BCUT2D eigenvalue weighted by Crippen LogP contribution is 2.10. The summed E-state index contributed by atoms with van der Waals surface area (Å²) in [4.78, 5) is 9.12. The van der Waals surface area contributed by atoms with Crippen molar-refractivity contribution in [3.63, 3.8) is 0 Å². The third-order valence-corrected chi connectivity index (χ3v) is 4.57. The minimum Gasteiger partial charge on any atom is -0.387 e. The molecule has 1 saturated heterocycles. The molecule has 1 heterocycles. The normalized spacial score (nSPS) is 19.5. The van der Waals surface area contributed by atoms with Crippen LogP contribution >= 0.6 is 24.0 Å². The molecule has 8 heteroatoms. The molecule has 0 aromatic carbocycles. The number of halogens is 1. The van der Waals surface area contributed by atoms with Crippen LogP contribution in [0.2, 0.25) is 0 Å². The van der Waals surface area contributed by atoms with E-state index in [9.17, 15) is 5.11 Å². The van der Waals surface area contributed by atoms with E-state index in [1.165, 1.54) is 0 Å². The number of likely N-dealkylation sites (N-methyl/N-ethyl adjacent to an activating group) is 1. The lowest BCUT2D eigenvalue weighted by Gasteiger charge is -2.33. The van der Waals surface area contributed by atoms with Crippen LogP contribution in [0.25, 0.3) is 0 Å². The van der Waals surface area contributed by atoms with E-state index in [4.69, 9.17) is 4.74 Å². The molecule has 7 nitrogen and oxygen atoms in total. The van der Waals surface area contributed by atoms with Gasteiger partial charge in [-0.2, -0.15) is 0 Å². The number of hydrogen-bond acceptors (Lipinski definition) is 5. The fourth-order valence-electron chi connectivity index (χ4n) is 3.12. The number of nitrogens with one attached hydrogen (secondary N) is 2. The molecule has 1 fully saturated rings. The van der Waals surface area contributed by atoms with Gasteiger partial charge in [0.25, 0.3) is 0 Å². The van der Waals surface area contributed by atoms with E-state index in [0.717, 1.165) is 51.8 Å². The topological polar surface area (TPSA) is 72.4 Å². The lowest BCUT2D eigenvalue weighted by molar-refractivity contribution is -0.0180. The molecule has 2 unspecified atom stereocenters. The Bertz CT molecular complexity index is 413. The minimum absolute atomic E-state index is 0. The first-order valence-corrected chi connectivity index (χ1v) is 9.94. The average molecular weight is 499 g/mol. The fourth-order valence-corrected chi connectivity index (χ4v) is 3.12. The van der Waals surface area contributed by atoms with Gasteiger partial charge in [0.05, 0.1) is 25.4 Å². The Morgan fingerprint density at radius 3 is 2.41 bits per heavy atom. The predicted molar refractivity (Wildman–Crippen MR) is 124 cm³/mol. The molecule has 1 aliphatic rings. The molecule has 0 aliphatic carbocycles. The van der Waals surface area contributed by atoms with Gasteiger partial charge in [-0.3, -0.25) is 9.89 Å². The lowest BCUT2D eigenvalue weighted by atomic mass is 10.0. The van der Waals surface area contributed by atoms with Crippen molar-refractivity contribution in [1.29, 1.82) is 0 Å². The maximum Gasteiger partial charge on any atom is 0.191 e. The van der Waals surface area contributed by atoms with Gasteiger partial charge in [-0.1, -0.05) is 13.8 Å². The Morgan fingerprint density at radius 2 is 1.89 bits per heavy atom. The van der Waals surface area contributed by atoms with E-state index in [1.807, 2.05) is 6.92 Å². The second-order valence-corrected chi connectivity index (χ2v) is 8.21. The van der Waals surface area contributed by atoms with Crippen molar-refractivity contribution in [2.45, 2.75) is 45.8 Å². The predicted octanol–water partition coefficient (Wildman–Crippen LogP) is 1.22. The van der Waals surface area contributed by atoms with Gasteiger partial charge < -0.3 is 25.4 Å². The number of aliphatic imine (C=N–C) groups is 1. The summed E-state index contributed by atoms with van der Waals surface area (Å²) in [6.07, 6.45) is 1.13. The summed E-state index contributed by atoms with van der Waals surface area (Å²) in [6.45, 7) is 14.3. The Morgan fingerprint density at radius 1 is 1.26 bits per heavy atom. The Hall–Kier alpha value is -0.160. The summed E-state index contributed by atoms with van der Waals surface area (Å²) in [5.41, 5.74) is -0.849. The Balaban J connectivity index is 0.00000676. The van der Waals surface area contributed by atoms with Gasteiger partial charge in [-0.15, -0.1) is 24.0 Å². The highest BCUT2D eigenvalue weighted by molar-refractivity contribution is 14.0. The van der Waals surface area contributed by atoms with Crippen LogP contribution in [0.5, 0.6) is 0 Å². The van der Waals surface area contributed by atoms with Gasteiger partial charge in [-0.25, -0.2) is 0 Å². The number of β-amino-alcohol motifs (C(OH)–C–C–N with tert-alkyl or cyclic N) is 1. The maximum atomic E-state index is 10.7. The zero-order valence-corrected chi connectivity index (χ0v) is 20.5. The van der Waals surface area contributed by atoms with Crippen molar-refractivity contribution in [3.05, 3.63) is 0 Å². The molecule has 27 heavy (non-hydrogen) atoms. The van der Waals surface area contributed by atoms with Crippen LogP contribution in [0.4, 0.5) is 0 Å². The number of morpholine rings is 1. The van der Waals surface area contributed by atoms with Crippen molar-refractivity contribution < 1.29 is 9.84 Å². The highest BCUT2D eigenvalue weighted by Gasteiger charge is 2.25. The van der Waals surface area contributed by atoms with Crippen LogP contribution in [0.3, 0.4) is 0 Å². The quantitative estimate of drug-likeness (QED) is 0.239. The van der Waals surface area contributed by atoms with Crippen LogP contribution in [0.15, 0.2) is 4.99 Å². The number of aliphatic hydroxyl groups is 1. The van der Waals surface area contributed by atoms with Crippen molar-refractivity contribution in [3.8, 4) is 0 Å². The number of nitrogens with zero attached hydrogens (tertiary/aromatic N) is 3. The molecule has 0 bridgehead atoms. The van der Waals surface area contributed by atoms with E-state index in [1.54, 1.807) is 0 Å².